The van der Waals surface area contributed by atoms with Crippen LogP contribution in [0, 0.1) is 0 Å². The van der Waals surface area contributed by atoms with Crippen LogP contribution in [0.15, 0.2) is 18.2 Å². The zero-order chi connectivity index (χ0) is 18.1. The van der Waals surface area contributed by atoms with Gasteiger partial charge in [0, 0.05) is 20.1 Å². The molecule has 132 valence electrons. The molecule has 0 saturated carbocycles. The molecule has 1 N–H and O–H groups in total. The fraction of sp³-hybridized carbons (Fsp3) is 0.467. The van der Waals surface area contributed by atoms with Crippen molar-refractivity contribution in [2.24, 2.45) is 0 Å². The van der Waals surface area contributed by atoms with Gasteiger partial charge in [0.2, 0.25) is 5.91 Å². The number of amides is 3. The zero-order valence-electron chi connectivity index (χ0n) is 13.2. The molecular formula is C15H17ClF3N3O2. The highest BCUT2D eigenvalue weighted by molar-refractivity contribution is 6.32. The van der Waals surface area contributed by atoms with Crippen LogP contribution in [0.5, 0.6) is 0 Å². The minimum atomic E-state index is -4.56. The zero-order valence-corrected chi connectivity index (χ0v) is 13.9. The Morgan fingerprint density at radius 2 is 2.08 bits per heavy atom. The van der Waals surface area contributed by atoms with Crippen molar-refractivity contribution in [1.29, 1.82) is 0 Å². The quantitative estimate of drug-likeness (QED) is 0.894. The lowest BCUT2D eigenvalue weighted by molar-refractivity contribution is -0.137. The number of urea groups is 1. The van der Waals surface area contributed by atoms with Gasteiger partial charge in [-0.05, 0) is 18.6 Å². The second-order valence-corrected chi connectivity index (χ2v) is 5.84. The number of hydrogen-bond donors (Lipinski definition) is 1. The smallest absolute Gasteiger partial charge is 0.350 e. The lowest BCUT2D eigenvalue weighted by Crippen LogP contribution is -2.45. The van der Waals surface area contributed by atoms with Gasteiger partial charge < -0.3 is 15.1 Å². The first kappa shape index (κ1) is 18.4. The number of likely N-dealkylation sites (N-methyl/N-ethyl adjacent to an activating group) is 2. The number of hydrogen-bond acceptors (Lipinski definition) is 2. The molecule has 0 aliphatic carbocycles. The molecular weight excluding hydrogens is 347 g/mol. The number of alkyl halides is 3. The van der Waals surface area contributed by atoms with E-state index in [1.807, 2.05) is 0 Å². The van der Waals surface area contributed by atoms with Crippen molar-refractivity contribution >= 4 is 23.5 Å². The summed E-state index contributed by atoms with van der Waals surface area (Å²) in [5.41, 5.74) is -0.776. The van der Waals surface area contributed by atoms with Gasteiger partial charge >= 0.3 is 12.2 Å². The van der Waals surface area contributed by atoms with Gasteiger partial charge in [-0.1, -0.05) is 23.7 Å². The number of nitrogens with zero attached hydrogens (tertiary/aromatic N) is 2. The fourth-order valence-corrected chi connectivity index (χ4v) is 2.90. The van der Waals surface area contributed by atoms with E-state index in [1.54, 1.807) is 14.0 Å². The Morgan fingerprint density at radius 3 is 2.67 bits per heavy atom. The maximum Gasteiger partial charge on any atom is 0.417 e. The predicted octanol–water partition coefficient (Wildman–Crippen LogP) is 2.73. The summed E-state index contributed by atoms with van der Waals surface area (Å²) < 4.78 is 38.5. The van der Waals surface area contributed by atoms with Crippen molar-refractivity contribution in [2.75, 3.05) is 20.1 Å². The number of nitrogens with one attached hydrogen (secondary N) is 1. The molecule has 2 rings (SSSR count). The van der Waals surface area contributed by atoms with Crippen molar-refractivity contribution in [3.8, 4) is 0 Å². The average molecular weight is 364 g/mol. The van der Waals surface area contributed by atoms with E-state index in [2.05, 4.69) is 5.32 Å². The van der Waals surface area contributed by atoms with Crippen LogP contribution in [0.1, 0.15) is 18.1 Å². The van der Waals surface area contributed by atoms with E-state index >= 15 is 0 Å². The van der Waals surface area contributed by atoms with E-state index in [9.17, 15) is 22.8 Å². The standard InChI is InChI=1S/C15H17ClF3N3O2/c1-3-22-11(8-21(2)14(22)24)13(23)20-7-9-5-4-6-10(12(9)16)15(17,18)19/h4-6,11H,3,7-8H2,1-2H3,(H,20,23). The number of carbonyl (C=O) groups is 2. The minimum absolute atomic E-state index is 0.145. The van der Waals surface area contributed by atoms with E-state index in [0.717, 1.165) is 6.07 Å². The third kappa shape index (κ3) is 3.58. The van der Waals surface area contributed by atoms with Gasteiger partial charge in [-0.3, -0.25) is 4.79 Å². The summed E-state index contributed by atoms with van der Waals surface area (Å²) in [4.78, 5) is 27.0. The molecule has 9 heteroatoms. The molecule has 0 radical (unpaired) electrons. The van der Waals surface area contributed by atoms with Gasteiger partial charge in [-0.15, -0.1) is 0 Å². The lowest BCUT2D eigenvalue weighted by atomic mass is 10.1. The summed E-state index contributed by atoms with van der Waals surface area (Å²) in [5, 5.41) is 2.12. The molecule has 1 heterocycles. The fourth-order valence-electron chi connectivity index (χ4n) is 2.60. The van der Waals surface area contributed by atoms with E-state index < -0.39 is 28.7 Å². The monoisotopic (exact) mass is 363 g/mol. The molecule has 0 spiro atoms. The Morgan fingerprint density at radius 1 is 1.42 bits per heavy atom. The molecule has 1 saturated heterocycles. The molecule has 0 aromatic heterocycles. The van der Waals surface area contributed by atoms with E-state index in [4.69, 9.17) is 11.6 Å². The summed E-state index contributed by atoms with van der Waals surface area (Å²) >= 11 is 5.79. The Labute approximate surface area is 142 Å². The van der Waals surface area contributed by atoms with Gasteiger partial charge in [-0.2, -0.15) is 13.2 Å². The van der Waals surface area contributed by atoms with Crippen molar-refractivity contribution in [3.05, 3.63) is 34.3 Å². The molecule has 0 bridgehead atoms. The van der Waals surface area contributed by atoms with E-state index in [1.165, 1.54) is 21.9 Å². The predicted molar refractivity (Wildman–Crippen MR) is 82.5 cm³/mol. The molecule has 3 amide bonds. The third-order valence-corrected chi connectivity index (χ3v) is 4.32. The molecule has 24 heavy (non-hydrogen) atoms. The average Bonchev–Trinajstić information content (AvgIpc) is 2.80. The van der Waals surface area contributed by atoms with Crippen molar-refractivity contribution in [2.45, 2.75) is 25.7 Å². The number of rotatable bonds is 4. The van der Waals surface area contributed by atoms with Crippen LogP contribution >= 0.6 is 11.6 Å². The number of halogens is 4. The van der Waals surface area contributed by atoms with Crippen molar-refractivity contribution in [1.82, 2.24) is 15.1 Å². The largest absolute Gasteiger partial charge is 0.417 e. The topological polar surface area (TPSA) is 52.7 Å². The molecule has 1 aliphatic heterocycles. The maximum absolute atomic E-state index is 12.8. The van der Waals surface area contributed by atoms with Crippen LogP contribution in [0.3, 0.4) is 0 Å². The normalized spacial score (nSPS) is 18.2. The Bertz CT molecular complexity index is 651. The molecule has 1 atom stereocenters. The molecule has 1 aromatic carbocycles. The third-order valence-electron chi connectivity index (χ3n) is 3.88. The first-order valence-electron chi connectivity index (χ1n) is 7.30. The van der Waals surface area contributed by atoms with Crippen molar-refractivity contribution < 1.29 is 22.8 Å². The van der Waals surface area contributed by atoms with Gasteiger partial charge in [0.1, 0.15) is 6.04 Å². The Kier molecular flexibility index (Phi) is 5.27. The highest BCUT2D eigenvalue weighted by Gasteiger charge is 2.38. The van der Waals surface area contributed by atoms with Gasteiger partial charge in [0.05, 0.1) is 17.1 Å². The lowest BCUT2D eigenvalue weighted by Gasteiger charge is -2.21. The van der Waals surface area contributed by atoms with Crippen LogP contribution < -0.4 is 5.32 Å². The van der Waals surface area contributed by atoms with Gasteiger partial charge in [0.25, 0.3) is 0 Å². The Balaban J connectivity index is 2.09. The summed E-state index contributed by atoms with van der Waals surface area (Å²) in [7, 11) is 1.59. The molecule has 1 aromatic rings. The highest BCUT2D eigenvalue weighted by atomic mass is 35.5. The van der Waals surface area contributed by atoms with E-state index in [0.29, 0.717) is 6.54 Å². The van der Waals surface area contributed by atoms with Gasteiger partial charge in [0.15, 0.2) is 0 Å². The molecule has 1 aliphatic rings. The van der Waals surface area contributed by atoms with Crippen LogP contribution in [-0.2, 0) is 17.5 Å². The summed E-state index contributed by atoms with van der Waals surface area (Å²) in [5.74, 6) is -0.428. The van der Waals surface area contributed by atoms with Crippen LogP contribution in [0.2, 0.25) is 5.02 Å². The van der Waals surface area contributed by atoms with Crippen molar-refractivity contribution in [3.63, 3.8) is 0 Å². The SMILES string of the molecule is CCN1C(=O)N(C)CC1C(=O)NCc1cccc(C(F)(F)F)c1Cl. The summed E-state index contributed by atoms with van der Waals surface area (Å²) in [6.07, 6.45) is -4.56. The summed E-state index contributed by atoms with van der Waals surface area (Å²) in [6, 6.07) is 2.62. The van der Waals surface area contributed by atoms with Crippen LogP contribution in [0.25, 0.3) is 0 Å². The number of carbonyl (C=O) groups excluding carboxylic acids is 2. The minimum Gasteiger partial charge on any atom is -0.350 e. The number of benzene rings is 1. The first-order valence-corrected chi connectivity index (χ1v) is 7.68. The molecule has 1 fully saturated rings. The highest BCUT2D eigenvalue weighted by Crippen LogP contribution is 2.36. The Hall–Kier alpha value is -1.96. The van der Waals surface area contributed by atoms with E-state index in [-0.39, 0.29) is 24.7 Å². The molecule has 5 nitrogen and oxygen atoms in total. The van der Waals surface area contributed by atoms with Gasteiger partial charge in [-0.25, -0.2) is 4.79 Å². The summed E-state index contributed by atoms with van der Waals surface area (Å²) in [6.45, 7) is 2.20. The molecule has 1 unspecified atom stereocenters. The van der Waals surface area contributed by atoms with Crippen LogP contribution in [-0.4, -0.2) is 47.9 Å². The maximum atomic E-state index is 12.8. The first-order chi connectivity index (χ1) is 11.2. The second kappa shape index (κ2) is 6.88. The second-order valence-electron chi connectivity index (χ2n) is 5.46. The van der Waals surface area contributed by atoms with Crippen LogP contribution in [0.4, 0.5) is 18.0 Å².